The Kier molecular flexibility index (Phi) is 6.34. The van der Waals surface area contributed by atoms with E-state index < -0.39 is 16.2 Å². The van der Waals surface area contributed by atoms with E-state index in [0.717, 1.165) is 0 Å². The van der Waals surface area contributed by atoms with E-state index in [-0.39, 0.29) is 30.4 Å². The summed E-state index contributed by atoms with van der Waals surface area (Å²) in [7, 11) is 0. The molecule has 0 N–H and O–H groups in total. The Morgan fingerprint density at radius 2 is 1.95 bits per heavy atom. The van der Waals surface area contributed by atoms with Crippen LogP contribution in [0.15, 0.2) is 41.4 Å². The largest absolute Gasteiger partial charge is 0.465 e. The zero-order valence-corrected chi connectivity index (χ0v) is 13.6. The SMILES string of the molecule is C=CCC(SC(F)(F)F)(C(=O)OCC)c1ccc(Br)cc1. The van der Waals surface area contributed by atoms with E-state index in [0.29, 0.717) is 4.47 Å². The lowest BCUT2D eigenvalue weighted by molar-refractivity contribution is -0.146. The van der Waals surface area contributed by atoms with Gasteiger partial charge in [-0.1, -0.05) is 34.1 Å². The fourth-order valence-corrected chi connectivity index (χ4v) is 3.09. The van der Waals surface area contributed by atoms with E-state index in [1.165, 1.54) is 18.2 Å². The number of ether oxygens (including phenoxy) is 1. The van der Waals surface area contributed by atoms with Gasteiger partial charge in [-0.3, -0.25) is 4.79 Å². The zero-order chi connectivity index (χ0) is 16.1. The van der Waals surface area contributed by atoms with Gasteiger partial charge in [0.25, 0.3) is 0 Å². The van der Waals surface area contributed by atoms with Crippen LogP contribution < -0.4 is 0 Å². The van der Waals surface area contributed by atoms with Crippen molar-refractivity contribution < 1.29 is 22.7 Å². The highest BCUT2D eigenvalue weighted by molar-refractivity contribution is 9.10. The van der Waals surface area contributed by atoms with Gasteiger partial charge in [0.15, 0.2) is 0 Å². The molecule has 0 aliphatic rings. The predicted octanol–water partition coefficient (Wildman–Crippen LogP) is 5.04. The van der Waals surface area contributed by atoms with Crippen LogP contribution in [0.3, 0.4) is 0 Å². The van der Waals surface area contributed by atoms with Gasteiger partial charge in [-0.2, -0.15) is 13.2 Å². The van der Waals surface area contributed by atoms with Crippen LogP contribution in [0.2, 0.25) is 0 Å². The summed E-state index contributed by atoms with van der Waals surface area (Å²) in [6.45, 7) is 5.02. The summed E-state index contributed by atoms with van der Waals surface area (Å²) in [5.74, 6) is -0.922. The molecule has 116 valence electrons. The molecule has 0 saturated heterocycles. The van der Waals surface area contributed by atoms with Gasteiger partial charge in [-0.05, 0) is 42.8 Å². The Labute approximate surface area is 133 Å². The van der Waals surface area contributed by atoms with Crippen LogP contribution in [0.4, 0.5) is 13.2 Å². The van der Waals surface area contributed by atoms with Crippen LogP contribution in [0.5, 0.6) is 0 Å². The van der Waals surface area contributed by atoms with Crippen LogP contribution >= 0.6 is 27.7 Å². The fraction of sp³-hybridized carbons (Fsp3) is 0.357. The molecule has 1 rings (SSSR count). The first-order chi connectivity index (χ1) is 9.75. The zero-order valence-electron chi connectivity index (χ0n) is 11.2. The molecule has 0 radical (unpaired) electrons. The summed E-state index contributed by atoms with van der Waals surface area (Å²) in [5, 5.41) is 0. The van der Waals surface area contributed by atoms with Gasteiger partial charge in [0, 0.05) is 4.47 Å². The second-order valence-electron chi connectivity index (χ2n) is 4.09. The topological polar surface area (TPSA) is 26.3 Å². The third-order valence-corrected chi connectivity index (χ3v) is 4.32. The first-order valence-corrected chi connectivity index (χ1v) is 7.67. The first kappa shape index (κ1) is 18.1. The van der Waals surface area contributed by atoms with Crippen molar-refractivity contribution in [1.29, 1.82) is 0 Å². The maximum absolute atomic E-state index is 13.0. The van der Waals surface area contributed by atoms with Crippen molar-refractivity contribution in [2.75, 3.05) is 6.61 Å². The normalized spacial score (nSPS) is 14.3. The highest BCUT2D eigenvalue weighted by Crippen LogP contribution is 2.50. The van der Waals surface area contributed by atoms with Crippen LogP contribution in [-0.2, 0) is 14.3 Å². The quantitative estimate of drug-likeness (QED) is 0.509. The Hall–Kier alpha value is -0.950. The third kappa shape index (κ3) is 4.78. The lowest BCUT2D eigenvalue weighted by atomic mass is 9.94. The molecular formula is C14H14BrF3O2S. The molecule has 0 aliphatic heterocycles. The molecular weight excluding hydrogens is 369 g/mol. The van der Waals surface area contributed by atoms with Crippen LogP contribution in [-0.4, -0.2) is 18.1 Å². The van der Waals surface area contributed by atoms with E-state index in [4.69, 9.17) is 4.74 Å². The standard InChI is InChI=1S/C14H14BrF3O2S/c1-3-9-13(12(19)20-4-2,21-14(16,17)18)10-5-7-11(15)8-6-10/h3,5-8H,1,4,9H2,2H3. The summed E-state index contributed by atoms with van der Waals surface area (Å²) in [6, 6.07) is 6.12. The number of hydrogen-bond acceptors (Lipinski definition) is 3. The number of allylic oxidation sites excluding steroid dienone is 1. The maximum Gasteiger partial charge on any atom is 0.443 e. The Morgan fingerprint density at radius 3 is 2.38 bits per heavy atom. The average Bonchev–Trinajstić information content (AvgIpc) is 2.37. The molecule has 0 bridgehead atoms. The number of halogens is 4. The number of carbonyl (C=O) groups excluding carboxylic acids is 1. The lowest BCUT2D eigenvalue weighted by Gasteiger charge is -2.31. The molecule has 1 aromatic carbocycles. The minimum absolute atomic E-state index is 0.00662. The van der Waals surface area contributed by atoms with Crippen LogP contribution in [0.25, 0.3) is 0 Å². The molecule has 0 aromatic heterocycles. The van der Waals surface area contributed by atoms with Gasteiger partial charge < -0.3 is 4.74 Å². The van der Waals surface area contributed by atoms with E-state index in [1.54, 1.807) is 19.1 Å². The molecule has 1 aromatic rings. The minimum atomic E-state index is -4.58. The van der Waals surface area contributed by atoms with Crippen LogP contribution in [0.1, 0.15) is 18.9 Å². The van der Waals surface area contributed by atoms with Gasteiger partial charge >= 0.3 is 11.5 Å². The molecule has 0 amide bonds. The highest BCUT2D eigenvalue weighted by atomic mass is 79.9. The van der Waals surface area contributed by atoms with Crippen molar-refractivity contribution in [3.63, 3.8) is 0 Å². The van der Waals surface area contributed by atoms with Crippen molar-refractivity contribution >= 4 is 33.7 Å². The van der Waals surface area contributed by atoms with Gasteiger partial charge in [0.1, 0.15) is 4.75 Å². The van der Waals surface area contributed by atoms with E-state index in [9.17, 15) is 18.0 Å². The summed E-state index contributed by atoms with van der Waals surface area (Å²) in [4.78, 5) is 12.2. The van der Waals surface area contributed by atoms with Gasteiger partial charge in [-0.15, -0.1) is 6.58 Å². The molecule has 0 heterocycles. The molecule has 0 aliphatic carbocycles. The minimum Gasteiger partial charge on any atom is -0.465 e. The molecule has 0 fully saturated rings. The number of benzene rings is 1. The highest BCUT2D eigenvalue weighted by Gasteiger charge is 2.50. The van der Waals surface area contributed by atoms with Crippen molar-refractivity contribution in [3.05, 3.63) is 47.0 Å². The van der Waals surface area contributed by atoms with Crippen molar-refractivity contribution in [2.45, 2.75) is 23.6 Å². The number of esters is 1. The van der Waals surface area contributed by atoms with E-state index in [2.05, 4.69) is 22.5 Å². The lowest BCUT2D eigenvalue weighted by Crippen LogP contribution is -2.36. The smallest absolute Gasteiger partial charge is 0.443 e. The fourth-order valence-electron chi connectivity index (χ4n) is 1.83. The molecule has 0 saturated carbocycles. The first-order valence-electron chi connectivity index (χ1n) is 6.06. The summed E-state index contributed by atoms with van der Waals surface area (Å²) < 4.78 is 42.6. The maximum atomic E-state index is 13.0. The Balaban J connectivity index is 3.38. The second kappa shape index (κ2) is 7.35. The van der Waals surface area contributed by atoms with Crippen molar-refractivity contribution in [2.24, 2.45) is 0 Å². The molecule has 1 unspecified atom stereocenters. The summed E-state index contributed by atoms with van der Waals surface area (Å²) in [5.41, 5.74) is -4.35. The molecule has 21 heavy (non-hydrogen) atoms. The number of rotatable bonds is 6. The molecule has 2 nitrogen and oxygen atoms in total. The number of hydrogen-bond donors (Lipinski definition) is 0. The third-order valence-electron chi connectivity index (χ3n) is 2.64. The van der Waals surface area contributed by atoms with Gasteiger partial charge in [0.05, 0.1) is 6.61 Å². The summed E-state index contributed by atoms with van der Waals surface area (Å²) in [6.07, 6.45) is 1.11. The van der Waals surface area contributed by atoms with Crippen molar-refractivity contribution in [3.8, 4) is 0 Å². The predicted molar refractivity (Wildman–Crippen MR) is 80.9 cm³/mol. The molecule has 1 atom stereocenters. The number of carbonyl (C=O) groups is 1. The number of alkyl halides is 3. The molecule has 0 spiro atoms. The molecule has 7 heteroatoms. The van der Waals surface area contributed by atoms with Crippen molar-refractivity contribution in [1.82, 2.24) is 0 Å². The Bertz CT molecular complexity index is 502. The second-order valence-corrected chi connectivity index (χ2v) is 6.37. The average molecular weight is 383 g/mol. The van der Waals surface area contributed by atoms with Crippen LogP contribution in [0, 0.1) is 0 Å². The van der Waals surface area contributed by atoms with E-state index in [1.807, 2.05) is 0 Å². The monoisotopic (exact) mass is 382 g/mol. The Morgan fingerprint density at radius 1 is 1.38 bits per heavy atom. The van der Waals surface area contributed by atoms with E-state index >= 15 is 0 Å². The number of thioether (sulfide) groups is 1. The summed E-state index contributed by atoms with van der Waals surface area (Å²) >= 11 is 2.83. The van der Waals surface area contributed by atoms with Gasteiger partial charge in [0.2, 0.25) is 0 Å². The van der Waals surface area contributed by atoms with Gasteiger partial charge in [-0.25, -0.2) is 0 Å².